The number of carbonyl (C=O) groups is 1. The van der Waals surface area contributed by atoms with Crippen molar-refractivity contribution in [3.8, 4) is 5.75 Å². The molecule has 0 radical (unpaired) electrons. The Morgan fingerprint density at radius 3 is 2.55 bits per heavy atom. The monoisotopic (exact) mass is 358 g/mol. The van der Waals surface area contributed by atoms with Crippen LogP contribution >= 0.6 is 28.1 Å². The number of amides is 1. The third-order valence-electron chi connectivity index (χ3n) is 2.93. The normalized spacial score (nSPS) is 11.8. The number of rotatable bonds is 6. The minimum Gasteiger partial charge on any atom is -0.480 e. The molecule has 1 unspecified atom stereocenters. The summed E-state index contributed by atoms with van der Waals surface area (Å²) < 4.78 is 6.59. The Morgan fingerprint density at radius 1 is 1.45 bits per heavy atom. The van der Waals surface area contributed by atoms with E-state index in [-0.39, 0.29) is 10.9 Å². The first-order chi connectivity index (χ1) is 9.40. The molecule has 1 amide bonds. The van der Waals surface area contributed by atoms with Crippen LogP contribution in [0, 0.1) is 0 Å². The Balaban J connectivity index is 2.93. The molecule has 1 aromatic carbocycles. The molecule has 0 saturated carbocycles. The number of ether oxygens (including phenoxy) is 1. The van der Waals surface area contributed by atoms with E-state index < -0.39 is 6.10 Å². The second-order valence-electron chi connectivity index (χ2n) is 4.28. The number of halogens is 1. The summed E-state index contributed by atoms with van der Waals surface area (Å²) in [5.74, 6) is 0.473. The first kappa shape index (κ1) is 16.9. The largest absolute Gasteiger partial charge is 0.480 e. The van der Waals surface area contributed by atoms with Gasteiger partial charge >= 0.3 is 0 Å². The van der Waals surface area contributed by atoms with Crippen LogP contribution < -0.4 is 10.5 Å². The highest BCUT2D eigenvalue weighted by atomic mass is 79.9. The third kappa shape index (κ3) is 4.18. The Hall–Kier alpha value is -1.14. The minimum atomic E-state index is -0.579. The summed E-state index contributed by atoms with van der Waals surface area (Å²) in [5, 5.41) is 0. The van der Waals surface area contributed by atoms with Gasteiger partial charge in [0.2, 0.25) is 0 Å². The van der Waals surface area contributed by atoms with Gasteiger partial charge in [0, 0.05) is 17.6 Å². The van der Waals surface area contributed by atoms with Crippen LogP contribution in [-0.4, -0.2) is 35.0 Å². The van der Waals surface area contributed by atoms with Gasteiger partial charge in [-0.25, -0.2) is 0 Å². The molecule has 1 aromatic rings. The fourth-order valence-corrected chi connectivity index (χ4v) is 2.35. The van der Waals surface area contributed by atoms with Crippen molar-refractivity contribution < 1.29 is 9.53 Å². The van der Waals surface area contributed by atoms with E-state index in [0.29, 0.717) is 24.4 Å². The fraction of sp³-hybridized carbons (Fsp3) is 0.429. The van der Waals surface area contributed by atoms with Crippen LogP contribution in [0.1, 0.15) is 26.3 Å². The van der Waals surface area contributed by atoms with Crippen LogP contribution in [0.2, 0.25) is 0 Å². The number of nitrogens with zero attached hydrogens (tertiary/aromatic N) is 1. The lowest BCUT2D eigenvalue weighted by Gasteiger charge is -2.24. The molecule has 2 N–H and O–H groups in total. The van der Waals surface area contributed by atoms with Gasteiger partial charge in [0.15, 0.2) is 6.10 Å². The maximum Gasteiger partial charge on any atom is 0.263 e. The molecule has 0 aromatic heterocycles. The molecule has 1 rings (SSSR count). The first-order valence-corrected chi connectivity index (χ1v) is 7.65. The van der Waals surface area contributed by atoms with Gasteiger partial charge in [-0.15, -0.1) is 0 Å². The molecule has 6 heteroatoms. The number of nitrogens with two attached hydrogens (primary N) is 1. The van der Waals surface area contributed by atoms with E-state index >= 15 is 0 Å². The Morgan fingerprint density at radius 2 is 2.05 bits per heavy atom. The van der Waals surface area contributed by atoms with Crippen LogP contribution in [0.15, 0.2) is 22.7 Å². The summed E-state index contributed by atoms with van der Waals surface area (Å²) in [6.07, 6.45) is -0.579. The van der Waals surface area contributed by atoms with Gasteiger partial charge in [0.25, 0.3) is 5.91 Å². The van der Waals surface area contributed by atoms with Gasteiger partial charge in [-0.1, -0.05) is 28.1 Å². The number of hydrogen-bond donors (Lipinski definition) is 1. The van der Waals surface area contributed by atoms with E-state index in [0.717, 1.165) is 4.47 Å². The highest BCUT2D eigenvalue weighted by Gasteiger charge is 2.21. The van der Waals surface area contributed by atoms with Crippen molar-refractivity contribution in [2.45, 2.75) is 26.9 Å². The van der Waals surface area contributed by atoms with E-state index in [1.807, 2.05) is 19.9 Å². The van der Waals surface area contributed by atoms with Gasteiger partial charge in [-0.2, -0.15) is 0 Å². The van der Waals surface area contributed by atoms with E-state index in [1.54, 1.807) is 24.0 Å². The highest BCUT2D eigenvalue weighted by molar-refractivity contribution is 9.10. The maximum absolute atomic E-state index is 12.2. The average molecular weight is 359 g/mol. The summed E-state index contributed by atoms with van der Waals surface area (Å²) in [5.41, 5.74) is 6.30. The topological polar surface area (TPSA) is 55.6 Å². The number of hydrogen-bond acceptors (Lipinski definition) is 3. The Labute approximate surface area is 133 Å². The molecule has 110 valence electrons. The zero-order chi connectivity index (χ0) is 15.3. The summed E-state index contributed by atoms with van der Waals surface area (Å²) in [4.78, 5) is 14.2. The minimum absolute atomic E-state index is 0.0493. The zero-order valence-corrected chi connectivity index (χ0v) is 14.3. The predicted octanol–water partition coefficient (Wildman–Crippen LogP) is 2.72. The van der Waals surface area contributed by atoms with Gasteiger partial charge in [0.1, 0.15) is 10.7 Å². The summed E-state index contributed by atoms with van der Waals surface area (Å²) >= 11 is 8.37. The Bertz CT molecular complexity index is 504. The summed E-state index contributed by atoms with van der Waals surface area (Å²) in [6, 6.07) is 5.36. The molecule has 0 spiro atoms. The van der Waals surface area contributed by atoms with Crippen molar-refractivity contribution >= 4 is 39.0 Å². The zero-order valence-electron chi connectivity index (χ0n) is 11.9. The van der Waals surface area contributed by atoms with E-state index in [1.165, 1.54) is 0 Å². The van der Waals surface area contributed by atoms with Gasteiger partial charge in [0.05, 0.1) is 5.56 Å². The second-order valence-corrected chi connectivity index (χ2v) is 5.63. The molecule has 0 fully saturated rings. The lowest BCUT2D eigenvalue weighted by atomic mass is 10.2. The van der Waals surface area contributed by atoms with E-state index in [9.17, 15) is 4.79 Å². The van der Waals surface area contributed by atoms with Crippen molar-refractivity contribution in [2.24, 2.45) is 5.73 Å². The number of benzene rings is 1. The second kappa shape index (κ2) is 7.59. The van der Waals surface area contributed by atoms with E-state index in [4.69, 9.17) is 22.7 Å². The third-order valence-corrected chi connectivity index (χ3v) is 3.65. The number of carbonyl (C=O) groups excluding carboxylic acids is 1. The first-order valence-electron chi connectivity index (χ1n) is 6.45. The summed E-state index contributed by atoms with van der Waals surface area (Å²) in [6.45, 7) is 6.92. The molecule has 0 aliphatic rings. The lowest BCUT2D eigenvalue weighted by molar-refractivity contribution is -0.137. The smallest absolute Gasteiger partial charge is 0.263 e. The van der Waals surface area contributed by atoms with Crippen LogP contribution in [0.3, 0.4) is 0 Å². The molecule has 4 nitrogen and oxygen atoms in total. The van der Waals surface area contributed by atoms with Crippen molar-refractivity contribution in [1.29, 1.82) is 0 Å². The Kier molecular flexibility index (Phi) is 6.42. The van der Waals surface area contributed by atoms with Crippen molar-refractivity contribution in [2.75, 3.05) is 13.1 Å². The molecular formula is C14H19BrN2O2S. The van der Waals surface area contributed by atoms with Gasteiger partial charge in [-0.3, -0.25) is 4.79 Å². The SMILES string of the molecule is CCN(CC)C(=O)C(C)Oc1ccc(Br)cc1C(N)=S. The van der Waals surface area contributed by atoms with Crippen molar-refractivity contribution in [1.82, 2.24) is 4.90 Å². The fourth-order valence-electron chi connectivity index (χ4n) is 1.83. The van der Waals surface area contributed by atoms with Gasteiger partial charge < -0.3 is 15.4 Å². The predicted molar refractivity (Wildman–Crippen MR) is 88.0 cm³/mol. The summed E-state index contributed by atoms with van der Waals surface area (Å²) in [7, 11) is 0. The van der Waals surface area contributed by atoms with Gasteiger partial charge in [-0.05, 0) is 39.0 Å². The molecule has 0 saturated heterocycles. The molecule has 0 aliphatic heterocycles. The van der Waals surface area contributed by atoms with Crippen LogP contribution in [0.4, 0.5) is 0 Å². The molecular weight excluding hydrogens is 340 g/mol. The van der Waals surface area contributed by atoms with Crippen LogP contribution in [-0.2, 0) is 4.79 Å². The molecule has 1 atom stereocenters. The van der Waals surface area contributed by atoms with Crippen molar-refractivity contribution in [3.63, 3.8) is 0 Å². The van der Waals surface area contributed by atoms with E-state index in [2.05, 4.69) is 15.9 Å². The highest BCUT2D eigenvalue weighted by Crippen LogP contribution is 2.24. The molecule has 0 bridgehead atoms. The lowest BCUT2D eigenvalue weighted by Crippen LogP contribution is -2.40. The average Bonchev–Trinajstić information content (AvgIpc) is 2.41. The van der Waals surface area contributed by atoms with Crippen LogP contribution in [0.5, 0.6) is 5.75 Å². The molecule has 0 aliphatic carbocycles. The molecule has 20 heavy (non-hydrogen) atoms. The van der Waals surface area contributed by atoms with Crippen molar-refractivity contribution in [3.05, 3.63) is 28.2 Å². The number of thiocarbonyl (C=S) groups is 1. The van der Waals surface area contributed by atoms with Crippen LogP contribution in [0.25, 0.3) is 0 Å². The maximum atomic E-state index is 12.2. The molecule has 0 heterocycles. The standard InChI is InChI=1S/C14H19BrN2O2S/c1-4-17(5-2)14(18)9(3)19-12-7-6-10(15)8-11(12)13(16)20/h6-9H,4-5H2,1-3H3,(H2,16,20). The quantitative estimate of drug-likeness (QED) is 0.794. The number of likely N-dealkylation sites (N-methyl/N-ethyl adjacent to an activating group) is 1.